The molecule has 1 N–H and O–H groups in total. The fraction of sp³-hybridized carbons (Fsp3) is 0.783. The molecule has 18 atom stereocenters. The van der Waals surface area contributed by atoms with Crippen LogP contribution in [0.15, 0.2) is 29.2 Å². The number of ether oxygens (including phenoxy) is 12. The van der Waals surface area contributed by atoms with Gasteiger partial charge in [-0.25, -0.2) is 9.59 Å². The number of likely N-dealkylation sites (N-methyl/N-ethyl adjacent to an activating group) is 2. The molecule has 0 unspecified atom stereocenters. The van der Waals surface area contributed by atoms with Crippen LogP contribution < -0.4 is 10.4 Å². The van der Waals surface area contributed by atoms with Gasteiger partial charge in [-0.15, -0.1) is 0 Å². The number of fused-ring (bicyclic) bond motifs is 2. The van der Waals surface area contributed by atoms with E-state index >= 15 is 0 Å². The second-order valence-corrected chi connectivity index (χ2v) is 24.4. The van der Waals surface area contributed by atoms with Crippen molar-refractivity contribution in [3.63, 3.8) is 0 Å². The smallest absolute Gasteiger partial charge is 0.462 e. The van der Waals surface area contributed by atoms with Gasteiger partial charge in [-0.3, -0.25) is 24.0 Å². The van der Waals surface area contributed by atoms with Crippen molar-refractivity contribution in [3.8, 4) is 0 Å². The number of methoxy groups -OCH3 is 1. The number of hydrogen-bond donors (Lipinski definition) is 1. The Bertz CT molecular complexity index is 2540. The van der Waals surface area contributed by atoms with Crippen molar-refractivity contribution < 1.29 is 81.1 Å². The molecule has 4 saturated heterocycles. The molecule has 0 amide bonds. The number of aromatic nitrogens is 1. The van der Waals surface area contributed by atoms with E-state index in [4.69, 9.17) is 56.8 Å². The lowest BCUT2D eigenvalue weighted by Gasteiger charge is -2.49. The van der Waals surface area contributed by atoms with Crippen LogP contribution in [-0.4, -0.2) is 209 Å². The zero-order chi connectivity index (χ0) is 60.8. The van der Waals surface area contributed by atoms with Crippen molar-refractivity contribution in [3.05, 3.63) is 45.7 Å². The van der Waals surface area contributed by atoms with Gasteiger partial charge >= 0.3 is 24.1 Å². The lowest BCUT2D eigenvalue weighted by atomic mass is 9.77. The van der Waals surface area contributed by atoms with Gasteiger partial charge in [-0.05, 0) is 132 Å². The summed E-state index contributed by atoms with van der Waals surface area (Å²) in [5, 5.41) is 15.2. The van der Waals surface area contributed by atoms with Crippen LogP contribution in [-0.2, 0) is 72.9 Å². The van der Waals surface area contributed by atoms with E-state index in [9.17, 15) is 29.1 Å². The van der Waals surface area contributed by atoms with Crippen LogP contribution in [0.3, 0.4) is 0 Å². The summed E-state index contributed by atoms with van der Waals surface area (Å²) in [6.07, 6.45) is -5.33. The first-order valence-corrected chi connectivity index (χ1v) is 29.3. The van der Waals surface area contributed by atoms with E-state index < -0.39 is 114 Å². The summed E-state index contributed by atoms with van der Waals surface area (Å²) >= 11 is 0. The van der Waals surface area contributed by atoms with Crippen LogP contribution in [0.4, 0.5) is 4.79 Å². The van der Waals surface area contributed by atoms with Gasteiger partial charge in [-0.1, -0.05) is 26.8 Å². The third kappa shape index (κ3) is 15.3. The fourth-order valence-electron chi connectivity index (χ4n) is 12.9. The number of cyclic esters (lactones) is 1. The Balaban J connectivity index is 1.22. The van der Waals surface area contributed by atoms with Gasteiger partial charge in [0, 0.05) is 71.2 Å². The molecule has 82 heavy (non-hydrogen) atoms. The van der Waals surface area contributed by atoms with Gasteiger partial charge < -0.3 is 71.9 Å². The number of esters is 3. The molecule has 1 aromatic carbocycles. The van der Waals surface area contributed by atoms with Crippen LogP contribution in [0.5, 0.6) is 0 Å². The van der Waals surface area contributed by atoms with E-state index in [0.29, 0.717) is 43.3 Å². The summed E-state index contributed by atoms with van der Waals surface area (Å²) in [7, 11) is 11.0. The second kappa shape index (κ2) is 28.1. The van der Waals surface area contributed by atoms with Gasteiger partial charge in [0.2, 0.25) is 5.43 Å². The SMILES string of the molecule is CCOC(=O)c1cn(N(C)C)c2ccc(CCCOCCO[C@H]3[C@H](C)O[C@@H](O[C@H]4[C@H](C)[C@@H](O[C@@H]5O[C@H](C)C[C@H](N(C)C)[C@H]5OC(C)=O)[C@](C)(O)C[C@@H](C)CN(C)[C@H](C)[C@@H]5OC(=O)O[C@]5(C)[C@@H](CC)OC(=O)[C@@H]4C)C[C@@]3(C)OC)cc2c1=O. The molecule has 4 fully saturated rings. The minimum atomic E-state index is -1.64. The first-order valence-electron chi connectivity index (χ1n) is 29.3. The molecule has 0 aliphatic carbocycles. The molecule has 22 nitrogen and oxygen atoms in total. The largest absolute Gasteiger partial charge is 0.509 e. The van der Waals surface area contributed by atoms with Crippen molar-refractivity contribution >= 4 is 35.0 Å². The number of carbonyl (C=O) groups excluding carboxylic acids is 4. The molecule has 0 radical (unpaired) electrons. The zero-order valence-electron chi connectivity index (χ0n) is 51.9. The highest BCUT2D eigenvalue weighted by Gasteiger charge is 2.58. The Kier molecular flexibility index (Phi) is 22.9. The van der Waals surface area contributed by atoms with Gasteiger partial charge in [0.05, 0.1) is 72.9 Å². The lowest BCUT2D eigenvalue weighted by Crippen LogP contribution is -2.61. The van der Waals surface area contributed by atoms with Crippen molar-refractivity contribution in [1.29, 1.82) is 0 Å². The minimum Gasteiger partial charge on any atom is -0.462 e. The van der Waals surface area contributed by atoms with Crippen LogP contribution in [0.25, 0.3) is 10.9 Å². The number of pyridine rings is 1. The highest BCUT2D eigenvalue weighted by atomic mass is 16.8. The minimum absolute atomic E-state index is 0.0317. The molecule has 22 heteroatoms. The normalized spacial score (nSPS) is 36.1. The summed E-state index contributed by atoms with van der Waals surface area (Å²) in [5.41, 5.74) is -2.80. The maximum absolute atomic E-state index is 14.9. The van der Waals surface area contributed by atoms with E-state index in [1.165, 1.54) is 13.1 Å². The molecule has 1 aromatic heterocycles. The summed E-state index contributed by atoms with van der Waals surface area (Å²) < 4.78 is 77.2. The van der Waals surface area contributed by atoms with Crippen molar-refractivity contribution in [2.45, 2.75) is 212 Å². The maximum atomic E-state index is 14.9. The van der Waals surface area contributed by atoms with Crippen LogP contribution in [0.1, 0.15) is 131 Å². The highest BCUT2D eigenvalue weighted by Crippen LogP contribution is 2.43. The Labute approximate surface area is 484 Å². The van der Waals surface area contributed by atoms with Gasteiger partial charge in [-0.2, -0.15) is 0 Å². The van der Waals surface area contributed by atoms with E-state index in [1.54, 1.807) is 44.5 Å². The Morgan fingerprint density at radius 2 is 1.60 bits per heavy atom. The third-order valence-electron chi connectivity index (χ3n) is 17.2. The van der Waals surface area contributed by atoms with Gasteiger partial charge in [0.25, 0.3) is 0 Å². The van der Waals surface area contributed by atoms with Crippen molar-refractivity contribution in [2.75, 3.05) is 80.3 Å². The van der Waals surface area contributed by atoms with Gasteiger partial charge in [0.15, 0.2) is 30.4 Å². The monoisotopic (exact) mass is 1160 g/mol. The quantitative estimate of drug-likeness (QED) is 0.0963. The van der Waals surface area contributed by atoms with E-state index in [2.05, 4.69) is 0 Å². The molecule has 2 aromatic rings. The molecule has 5 heterocycles. The first kappa shape index (κ1) is 66.6. The predicted octanol–water partition coefficient (Wildman–Crippen LogP) is 6.02. The van der Waals surface area contributed by atoms with Crippen molar-refractivity contribution in [1.82, 2.24) is 14.5 Å². The molecule has 0 saturated carbocycles. The Morgan fingerprint density at radius 3 is 2.23 bits per heavy atom. The second-order valence-electron chi connectivity index (χ2n) is 24.4. The molecule has 0 bridgehead atoms. The first-order chi connectivity index (χ1) is 38.5. The number of aliphatic hydroxyl groups is 1. The van der Waals surface area contributed by atoms with Crippen LogP contribution in [0.2, 0.25) is 0 Å². The van der Waals surface area contributed by atoms with Crippen LogP contribution >= 0.6 is 0 Å². The standard InChI is InChI=1S/C60H96N4O18/c1-19-46-60(12)52(81-57(69)82-60)38(7)63(17)32-34(3)30-58(10,70)51(80-56-50(77-40(9)65)45(61(13)14)28-35(4)75-56)36(5)49(37(6)54(67)78-46)79-47-31-59(11,71-18)53(39(8)76-47)74-27-26-72-25-21-22-41-23-24-44-42(29-41)48(66)43(55(68)73-20-2)33-64(44)62(15)16/h23-24,29,33-39,45-47,49-53,56,70H,19-22,25-28,30-32H2,1-18H3/t34-,35-,36+,37-,38-,39+,45+,46-,47+,49+,50-,51-,52+,53+,56+,58-,59-,60-/m1/s1. The average molecular weight is 1160 g/mol. The number of nitrogens with zero attached hydrogens (tertiary/aromatic N) is 4. The zero-order valence-corrected chi connectivity index (χ0v) is 51.9. The summed E-state index contributed by atoms with van der Waals surface area (Å²) in [6, 6.07) is 4.96. The molecule has 6 rings (SSSR count). The van der Waals surface area contributed by atoms with E-state index in [-0.39, 0.29) is 68.1 Å². The number of hydrogen-bond acceptors (Lipinski definition) is 21. The molecule has 464 valence electrons. The molecule has 0 spiro atoms. The number of rotatable bonds is 19. The van der Waals surface area contributed by atoms with E-state index in [1.807, 2.05) is 112 Å². The number of aryl methyl sites for hydroxylation is 1. The van der Waals surface area contributed by atoms with E-state index in [0.717, 1.165) is 5.56 Å². The van der Waals surface area contributed by atoms with Crippen molar-refractivity contribution in [2.24, 2.45) is 17.8 Å². The molecular formula is C60H96N4O18. The lowest BCUT2D eigenvalue weighted by molar-refractivity contribution is -0.321. The Morgan fingerprint density at radius 1 is 0.890 bits per heavy atom. The topological polar surface area (TPSA) is 231 Å². The Hall–Kier alpha value is -4.49. The molecular weight excluding hydrogens is 1060 g/mol. The van der Waals surface area contributed by atoms with Gasteiger partial charge in [0.1, 0.15) is 17.8 Å². The molecule has 4 aliphatic rings. The summed E-state index contributed by atoms with van der Waals surface area (Å²) in [5.74, 6) is -3.89. The predicted molar refractivity (Wildman–Crippen MR) is 304 cm³/mol. The fourth-order valence-corrected chi connectivity index (χ4v) is 12.9. The summed E-state index contributed by atoms with van der Waals surface area (Å²) in [6.45, 7) is 23.0. The highest BCUT2D eigenvalue weighted by molar-refractivity contribution is 5.94. The number of carbonyl (C=O) groups is 4. The van der Waals surface area contributed by atoms with Crippen LogP contribution in [0, 0.1) is 17.8 Å². The molecule has 4 aliphatic heterocycles. The number of benzene rings is 1. The maximum Gasteiger partial charge on any atom is 0.509 e. The summed E-state index contributed by atoms with van der Waals surface area (Å²) in [4.78, 5) is 70.9. The third-order valence-corrected chi connectivity index (χ3v) is 17.2. The average Bonchev–Trinajstić information content (AvgIpc) is 2.59.